The molecule has 3 rings (SSSR count). The lowest BCUT2D eigenvalue weighted by molar-refractivity contribution is 0.429. The molecule has 0 aliphatic carbocycles. The maximum atomic E-state index is 11.5. The lowest BCUT2D eigenvalue weighted by Gasteiger charge is -2.36. The normalized spacial score (nSPS) is 18.6. The van der Waals surface area contributed by atoms with Crippen LogP contribution in [-0.2, 0) is 13.6 Å². The Morgan fingerprint density at radius 3 is 3.09 bits per heavy atom. The van der Waals surface area contributed by atoms with Gasteiger partial charge in [0.05, 0.1) is 0 Å². The number of aromatic nitrogens is 3. The quantitative estimate of drug-likeness (QED) is 0.902. The van der Waals surface area contributed by atoms with Crippen molar-refractivity contribution in [1.82, 2.24) is 20.1 Å². The smallest absolute Gasteiger partial charge is 0.266 e. The molecule has 1 atom stereocenters. The van der Waals surface area contributed by atoms with Gasteiger partial charge in [0.15, 0.2) is 0 Å². The fourth-order valence-electron chi connectivity index (χ4n) is 2.84. The summed E-state index contributed by atoms with van der Waals surface area (Å²) < 4.78 is 1.41. The number of anilines is 1. The van der Waals surface area contributed by atoms with E-state index in [0.29, 0.717) is 6.04 Å². The molecule has 0 saturated carbocycles. The van der Waals surface area contributed by atoms with Gasteiger partial charge in [-0.15, -0.1) is 11.3 Å². The van der Waals surface area contributed by atoms with Crippen LogP contribution in [-0.4, -0.2) is 33.9 Å². The molecule has 0 amide bonds. The third-order valence-electron chi connectivity index (χ3n) is 4.01. The van der Waals surface area contributed by atoms with Gasteiger partial charge >= 0.3 is 0 Å². The molecule has 2 aromatic rings. The van der Waals surface area contributed by atoms with Gasteiger partial charge in [0.2, 0.25) is 0 Å². The summed E-state index contributed by atoms with van der Waals surface area (Å²) in [5.41, 5.74) is -0.0702. The predicted octanol–water partition coefficient (Wildman–Crippen LogP) is 1.39. The maximum Gasteiger partial charge on any atom is 0.266 e. The Labute approximate surface area is 133 Å². The van der Waals surface area contributed by atoms with E-state index in [0.717, 1.165) is 36.9 Å². The molecule has 22 heavy (non-hydrogen) atoms. The summed E-state index contributed by atoms with van der Waals surface area (Å²) >= 11 is 1.67. The predicted molar refractivity (Wildman–Crippen MR) is 88.3 cm³/mol. The van der Waals surface area contributed by atoms with E-state index in [4.69, 9.17) is 0 Å². The van der Waals surface area contributed by atoms with Gasteiger partial charge in [0.25, 0.3) is 5.56 Å². The van der Waals surface area contributed by atoms with Crippen LogP contribution in [0.4, 0.5) is 5.82 Å². The number of hydrogen-bond acceptors (Lipinski definition) is 6. The largest absolute Gasteiger partial charge is 0.351 e. The number of thiazole rings is 1. The first-order valence-corrected chi connectivity index (χ1v) is 8.52. The fraction of sp³-hybridized carbons (Fsp3) is 0.533. The third kappa shape index (κ3) is 3.53. The zero-order chi connectivity index (χ0) is 15.4. The fourth-order valence-corrected chi connectivity index (χ4v) is 3.43. The maximum absolute atomic E-state index is 11.5. The van der Waals surface area contributed by atoms with Gasteiger partial charge in [-0.3, -0.25) is 4.79 Å². The van der Waals surface area contributed by atoms with Crippen LogP contribution < -0.4 is 15.8 Å². The molecule has 1 saturated heterocycles. The van der Waals surface area contributed by atoms with Crippen molar-refractivity contribution >= 4 is 17.2 Å². The van der Waals surface area contributed by atoms with E-state index in [9.17, 15) is 4.79 Å². The highest BCUT2D eigenvalue weighted by atomic mass is 32.1. The monoisotopic (exact) mass is 319 g/mol. The Balaban J connectivity index is 1.65. The molecule has 1 aliphatic heterocycles. The number of rotatable bonds is 5. The Kier molecular flexibility index (Phi) is 4.84. The molecule has 3 heterocycles. The zero-order valence-electron chi connectivity index (χ0n) is 12.7. The van der Waals surface area contributed by atoms with E-state index in [1.807, 2.05) is 17.6 Å². The van der Waals surface area contributed by atoms with Crippen molar-refractivity contribution in [2.75, 3.05) is 18.0 Å². The summed E-state index contributed by atoms with van der Waals surface area (Å²) in [7, 11) is 1.70. The van der Waals surface area contributed by atoms with Gasteiger partial charge in [-0.25, -0.2) is 9.67 Å². The molecule has 6 nitrogen and oxygen atoms in total. The number of aryl methyl sites for hydroxylation is 1. The van der Waals surface area contributed by atoms with Crippen molar-refractivity contribution in [3.8, 4) is 0 Å². The van der Waals surface area contributed by atoms with E-state index in [1.165, 1.54) is 17.5 Å². The zero-order valence-corrected chi connectivity index (χ0v) is 13.6. The average molecular weight is 319 g/mol. The van der Waals surface area contributed by atoms with Gasteiger partial charge in [-0.2, -0.15) is 5.10 Å². The summed E-state index contributed by atoms with van der Waals surface area (Å²) in [4.78, 5) is 18.1. The van der Waals surface area contributed by atoms with Crippen LogP contribution in [0.5, 0.6) is 0 Å². The summed E-state index contributed by atoms with van der Waals surface area (Å²) in [5.74, 6) is 0.892. The molecule has 0 aromatic carbocycles. The Morgan fingerprint density at radius 1 is 1.41 bits per heavy atom. The van der Waals surface area contributed by atoms with E-state index in [-0.39, 0.29) is 5.56 Å². The molecule has 1 unspecified atom stereocenters. The van der Waals surface area contributed by atoms with Gasteiger partial charge in [0, 0.05) is 50.4 Å². The molecule has 1 fully saturated rings. The minimum Gasteiger partial charge on any atom is -0.351 e. The van der Waals surface area contributed by atoms with Crippen molar-refractivity contribution < 1.29 is 0 Å². The lowest BCUT2D eigenvalue weighted by atomic mass is 10.0. The van der Waals surface area contributed by atoms with Crippen molar-refractivity contribution in [3.63, 3.8) is 0 Å². The van der Waals surface area contributed by atoms with Crippen molar-refractivity contribution in [2.24, 2.45) is 7.05 Å². The molecule has 0 bridgehead atoms. The molecule has 7 heteroatoms. The molecule has 1 N–H and O–H groups in total. The number of hydrogen-bond donors (Lipinski definition) is 1. The van der Waals surface area contributed by atoms with Crippen molar-refractivity contribution in [1.29, 1.82) is 0 Å². The molecule has 0 spiro atoms. The number of nitrogens with one attached hydrogen (secondary N) is 1. The van der Waals surface area contributed by atoms with Crippen LogP contribution in [0.3, 0.4) is 0 Å². The second-order valence-electron chi connectivity index (χ2n) is 5.55. The molecule has 118 valence electrons. The van der Waals surface area contributed by atoms with Crippen molar-refractivity contribution in [3.05, 3.63) is 39.1 Å². The van der Waals surface area contributed by atoms with Crippen LogP contribution in [0.2, 0.25) is 0 Å². The highest BCUT2D eigenvalue weighted by Crippen LogP contribution is 2.22. The van der Waals surface area contributed by atoms with Gasteiger partial charge in [0.1, 0.15) is 10.8 Å². The average Bonchev–Trinajstić information content (AvgIpc) is 3.04. The first kappa shape index (κ1) is 15.2. The van der Waals surface area contributed by atoms with Crippen LogP contribution in [0, 0.1) is 0 Å². The van der Waals surface area contributed by atoms with Crippen LogP contribution >= 0.6 is 11.3 Å². The highest BCUT2D eigenvalue weighted by molar-refractivity contribution is 7.09. The van der Waals surface area contributed by atoms with Gasteiger partial charge in [-0.05, 0) is 25.3 Å². The topological polar surface area (TPSA) is 63.1 Å². The van der Waals surface area contributed by atoms with Gasteiger partial charge < -0.3 is 10.2 Å². The van der Waals surface area contributed by atoms with E-state index >= 15 is 0 Å². The van der Waals surface area contributed by atoms with Gasteiger partial charge in [-0.1, -0.05) is 0 Å². The minimum absolute atomic E-state index is 0.0702. The lowest BCUT2D eigenvalue weighted by Crippen LogP contribution is -2.46. The second-order valence-corrected chi connectivity index (χ2v) is 6.53. The highest BCUT2D eigenvalue weighted by Gasteiger charge is 2.23. The van der Waals surface area contributed by atoms with Crippen LogP contribution in [0.25, 0.3) is 0 Å². The Bertz CT molecular complexity index is 654. The Hall–Kier alpha value is -1.73. The van der Waals surface area contributed by atoms with E-state index in [1.54, 1.807) is 24.5 Å². The number of piperidine rings is 1. The Morgan fingerprint density at radius 2 is 2.32 bits per heavy atom. The van der Waals surface area contributed by atoms with Crippen LogP contribution in [0.15, 0.2) is 28.5 Å². The summed E-state index contributed by atoms with van der Waals surface area (Å²) in [6, 6.07) is 3.84. The van der Waals surface area contributed by atoms with E-state index in [2.05, 4.69) is 20.3 Å². The summed E-state index contributed by atoms with van der Waals surface area (Å²) in [6.45, 7) is 2.71. The molecule has 0 radical (unpaired) electrons. The summed E-state index contributed by atoms with van der Waals surface area (Å²) in [5, 5.41) is 11.0. The first-order chi connectivity index (χ1) is 10.7. The molecule has 2 aromatic heterocycles. The summed E-state index contributed by atoms with van der Waals surface area (Å²) in [6.07, 6.45) is 5.40. The molecule has 1 aliphatic rings. The molecular formula is C15H21N5OS. The standard InChI is InChI=1S/C15H21N5OS/c1-19-15(21)6-5-13(18-19)20-8-3-2-4-12(20)10-16-11-14-17-7-9-22-14/h5-7,9,12,16H,2-4,8,10-11H2,1H3. The third-order valence-corrected chi connectivity index (χ3v) is 4.79. The van der Waals surface area contributed by atoms with Crippen molar-refractivity contribution in [2.45, 2.75) is 31.8 Å². The minimum atomic E-state index is -0.0702. The van der Waals surface area contributed by atoms with Crippen LogP contribution in [0.1, 0.15) is 24.3 Å². The SMILES string of the molecule is Cn1nc(N2CCCCC2CNCc2nccs2)ccc1=O. The second kappa shape index (κ2) is 7.02. The number of nitrogens with zero attached hydrogens (tertiary/aromatic N) is 4. The molecular weight excluding hydrogens is 298 g/mol. The first-order valence-electron chi connectivity index (χ1n) is 7.64. The van der Waals surface area contributed by atoms with E-state index < -0.39 is 0 Å².